The van der Waals surface area contributed by atoms with Gasteiger partial charge in [0.1, 0.15) is 4.49 Å². The maximum absolute atomic E-state index is 6.47. The van der Waals surface area contributed by atoms with Gasteiger partial charge in [0.25, 0.3) is 0 Å². The van der Waals surface area contributed by atoms with Crippen LogP contribution in [0.15, 0.2) is 65.8 Å². The zero-order valence-electron chi connectivity index (χ0n) is 19.4. The van der Waals surface area contributed by atoms with Gasteiger partial charge in [0.2, 0.25) is 0 Å². The van der Waals surface area contributed by atoms with Gasteiger partial charge in [-0.2, -0.15) is 0 Å². The lowest BCUT2D eigenvalue weighted by Crippen LogP contribution is -2.18. The molecule has 0 radical (unpaired) electrons. The van der Waals surface area contributed by atoms with Crippen LogP contribution in [-0.4, -0.2) is 11.4 Å². The minimum absolute atomic E-state index is 0.0993. The van der Waals surface area contributed by atoms with E-state index in [1.54, 1.807) is 0 Å². The van der Waals surface area contributed by atoms with Crippen LogP contribution in [0.2, 0.25) is 0 Å². The molecule has 0 amide bonds. The summed E-state index contributed by atoms with van der Waals surface area (Å²) in [7, 11) is 0. The van der Waals surface area contributed by atoms with Crippen molar-refractivity contribution in [2.75, 3.05) is 0 Å². The Bertz CT molecular complexity index is 1060. The maximum Gasteiger partial charge on any atom is 0.330 e. The Morgan fingerprint density at radius 2 is 1.21 bits per heavy atom. The van der Waals surface area contributed by atoms with Gasteiger partial charge in [-0.1, -0.05) is 56.3 Å². The SMILES string of the molecule is C=C(ON=C1CCCC2=C1[C@H]1CC[C@@H]2C1=C(Cl)Cl)ON=C1CCCC2=C1[C@H]1CC[C@@H]2/C1=C(/C)Cl. The van der Waals surface area contributed by atoms with Crippen molar-refractivity contribution >= 4 is 46.2 Å². The monoisotopic (exact) mass is 518 g/mol. The number of nitrogens with zero attached hydrogens (tertiary/aromatic N) is 2. The van der Waals surface area contributed by atoms with E-state index in [1.165, 1.54) is 39.9 Å². The molecule has 0 aromatic carbocycles. The molecular weight excluding hydrogens is 491 g/mol. The summed E-state index contributed by atoms with van der Waals surface area (Å²) in [6.07, 6.45) is 10.7. The van der Waals surface area contributed by atoms with Crippen LogP contribution in [0.25, 0.3) is 0 Å². The van der Waals surface area contributed by atoms with E-state index >= 15 is 0 Å². The molecule has 6 rings (SSSR count). The van der Waals surface area contributed by atoms with E-state index in [-0.39, 0.29) is 11.9 Å². The van der Waals surface area contributed by atoms with Crippen molar-refractivity contribution in [3.8, 4) is 0 Å². The van der Waals surface area contributed by atoms with Gasteiger partial charge < -0.3 is 9.68 Å². The first-order chi connectivity index (χ1) is 16.5. The molecule has 4 bridgehead atoms. The molecule has 0 aromatic rings. The first kappa shape index (κ1) is 22.9. The van der Waals surface area contributed by atoms with Gasteiger partial charge in [0.15, 0.2) is 0 Å². The molecule has 6 aliphatic rings. The van der Waals surface area contributed by atoms with Gasteiger partial charge in [-0.05, 0) is 100 Å². The second-order valence-corrected chi connectivity index (χ2v) is 11.8. The maximum atomic E-state index is 6.47. The van der Waals surface area contributed by atoms with E-state index in [2.05, 4.69) is 16.9 Å². The summed E-state index contributed by atoms with van der Waals surface area (Å²) < 4.78 is 0.426. The standard InChI is InChI=1S/C27H29Cl3N2O2/c1-13(28)23-17-9-11-19(23)24-15(17)5-3-7-21(24)31-33-14(2)34-32-22-8-4-6-16-18-10-12-20(25(16)22)26(18)27(29)30/h17-20H,2-12H2,1H3/b23-13+,31-21?,32-22?/t17-,18-,19-,20+/m0/s1. The Balaban J connectivity index is 1.17. The number of rotatable bonds is 4. The second kappa shape index (κ2) is 8.87. The Labute approximate surface area is 216 Å². The third-order valence-electron chi connectivity index (χ3n) is 8.69. The predicted octanol–water partition coefficient (Wildman–Crippen LogP) is 8.45. The first-order valence-electron chi connectivity index (χ1n) is 12.5. The van der Waals surface area contributed by atoms with E-state index in [1.807, 2.05) is 6.92 Å². The van der Waals surface area contributed by atoms with Crippen LogP contribution in [0.5, 0.6) is 0 Å². The third kappa shape index (κ3) is 3.55. The minimum atomic E-state index is 0.0993. The zero-order chi connectivity index (χ0) is 23.6. The fourth-order valence-corrected chi connectivity index (χ4v) is 8.43. The molecule has 7 heteroatoms. The Hall–Kier alpha value is -1.49. The summed E-state index contributed by atoms with van der Waals surface area (Å²) in [5.74, 6) is 1.66. The van der Waals surface area contributed by atoms with Crippen LogP contribution < -0.4 is 0 Å². The number of fused-ring (bicyclic) bond motifs is 8. The van der Waals surface area contributed by atoms with Gasteiger partial charge in [-0.25, -0.2) is 0 Å². The molecule has 4 nitrogen and oxygen atoms in total. The summed E-state index contributed by atoms with van der Waals surface area (Å²) in [6, 6.07) is 0. The molecule has 0 saturated heterocycles. The second-order valence-electron chi connectivity index (χ2n) is 10.3. The molecule has 0 spiro atoms. The number of hydrogen-bond donors (Lipinski definition) is 0. The Morgan fingerprint density at radius 3 is 1.71 bits per heavy atom. The van der Waals surface area contributed by atoms with Gasteiger partial charge in [-0.15, -0.1) is 0 Å². The molecule has 34 heavy (non-hydrogen) atoms. The Kier molecular flexibility index (Phi) is 5.98. The third-order valence-corrected chi connectivity index (χ3v) is 9.35. The number of allylic oxidation sites excluding steroid dienone is 7. The molecule has 2 fully saturated rings. The van der Waals surface area contributed by atoms with Crippen molar-refractivity contribution in [3.05, 3.63) is 55.5 Å². The van der Waals surface area contributed by atoms with Crippen molar-refractivity contribution in [2.45, 2.75) is 71.1 Å². The fraction of sp³-hybridized carbons (Fsp3) is 0.556. The summed E-state index contributed by atoms with van der Waals surface area (Å²) in [4.78, 5) is 11.2. The molecule has 0 aliphatic heterocycles. The molecule has 2 saturated carbocycles. The lowest BCUT2D eigenvalue weighted by molar-refractivity contribution is 0.0427. The van der Waals surface area contributed by atoms with E-state index in [9.17, 15) is 0 Å². The largest absolute Gasteiger partial charge is 0.330 e. The van der Waals surface area contributed by atoms with Gasteiger partial charge in [0.05, 0.1) is 11.4 Å². The highest BCUT2D eigenvalue weighted by Gasteiger charge is 2.48. The lowest BCUT2D eigenvalue weighted by atomic mass is 9.81. The topological polar surface area (TPSA) is 43.2 Å². The van der Waals surface area contributed by atoms with E-state index < -0.39 is 0 Å². The van der Waals surface area contributed by atoms with Crippen LogP contribution in [0.1, 0.15) is 71.1 Å². The minimum Gasteiger partial charge on any atom is -0.316 e. The molecule has 180 valence electrons. The van der Waals surface area contributed by atoms with E-state index in [0.717, 1.165) is 74.2 Å². The van der Waals surface area contributed by atoms with Gasteiger partial charge in [-0.3, -0.25) is 0 Å². The molecule has 0 heterocycles. The summed E-state index contributed by atoms with van der Waals surface area (Å²) in [5.41, 5.74) is 10.2. The van der Waals surface area contributed by atoms with Crippen LogP contribution in [0.3, 0.4) is 0 Å². The summed E-state index contributed by atoms with van der Waals surface area (Å²) in [5, 5.41) is 9.89. The van der Waals surface area contributed by atoms with Crippen molar-refractivity contribution in [1.82, 2.24) is 0 Å². The predicted molar refractivity (Wildman–Crippen MR) is 138 cm³/mol. The lowest BCUT2D eigenvalue weighted by Gasteiger charge is -2.25. The molecule has 0 unspecified atom stereocenters. The van der Waals surface area contributed by atoms with Gasteiger partial charge in [0, 0.05) is 28.7 Å². The van der Waals surface area contributed by atoms with Crippen LogP contribution in [-0.2, 0) is 9.68 Å². The highest BCUT2D eigenvalue weighted by atomic mass is 35.5. The Morgan fingerprint density at radius 1 is 0.735 bits per heavy atom. The average Bonchev–Trinajstić information content (AvgIpc) is 3.59. The number of oxime groups is 2. The summed E-state index contributed by atoms with van der Waals surface area (Å²) in [6.45, 7) is 5.92. The molecular formula is C27H29Cl3N2O2. The van der Waals surface area contributed by atoms with E-state index in [0.29, 0.717) is 22.2 Å². The first-order valence-corrected chi connectivity index (χ1v) is 13.6. The van der Waals surface area contributed by atoms with Gasteiger partial charge >= 0.3 is 5.95 Å². The number of halogens is 3. The molecule has 0 aromatic heterocycles. The van der Waals surface area contributed by atoms with Crippen LogP contribution in [0, 0.1) is 23.7 Å². The molecule has 4 atom stereocenters. The van der Waals surface area contributed by atoms with E-state index in [4.69, 9.17) is 44.5 Å². The molecule has 6 aliphatic carbocycles. The zero-order valence-corrected chi connectivity index (χ0v) is 21.7. The van der Waals surface area contributed by atoms with Crippen LogP contribution >= 0.6 is 34.8 Å². The van der Waals surface area contributed by atoms with Crippen molar-refractivity contribution in [1.29, 1.82) is 0 Å². The van der Waals surface area contributed by atoms with Crippen molar-refractivity contribution in [2.24, 2.45) is 34.0 Å². The molecule has 0 N–H and O–H groups in total. The van der Waals surface area contributed by atoms with Crippen molar-refractivity contribution in [3.63, 3.8) is 0 Å². The normalized spacial score (nSPS) is 35.4. The quantitative estimate of drug-likeness (QED) is 0.276. The van der Waals surface area contributed by atoms with Crippen molar-refractivity contribution < 1.29 is 9.68 Å². The fourth-order valence-electron chi connectivity index (χ4n) is 7.64. The van der Waals surface area contributed by atoms with Crippen LogP contribution in [0.4, 0.5) is 0 Å². The summed E-state index contributed by atoms with van der Waals surface area (Å²) >= 11 is 19.0. The highest BCUT2D eigenvalue weighted by molar-refractivity contribution is 6.56. The average molecular weight is 520 g/mol. The highest BCUT2D eigenvalue weighted by Crippen LogP contribution is 2.58. The smallest absolute Gasteiger partial charge is 0.316 e. The number of hydrogen-bond acceptors (Lipinski definition) is 4.